The molecule has 0 radical (unpaired) electrons. The molecule has 1 fully saturated rings. The van der Waals surface area contributed by atoms with Crippen LogP contribution < -0.4 is 0 Å². The van der Waals surface area contributed by atoms with Crippen molar-refractivity contribution in [1.29, 1.82) is 0 Å². The normalized spacial score (nSPS) is 30.6. The quantitative estimate of drug-likeness (QED) is 0.502. The number of esters is 1. The van der Waals surface area contributed by atoms with Crippen LogP contribution in [0.25, 0.3) is 0 Å². The lowest BCUT2D eigenvalue weighted by Gasteiger charge is -2.49. The number of ether oxygens (including phenoxy) is 1. The van der Waals surface area contributed by atoms with Gasteiger partial charge in [0, 0.05) is 5.92 Å². The highest BCUT2D eigenvalue weighted by molar-refractivity contribution is 7.92. The summed E-state index contributed by atoms with van der Waals surface area (Å²) < 4.78 is 31.7. The lowest BCUT2D eigenvalue weighted by molar-refractivity contribution is -0.141. The Labute approximate surface area is 175 Å². The van der Waals surface area contributed by atoms with E-state index in [4.69, 9.17) is 4.74 Å². The summed E-state index contributed by atoms with van der Waals surface area (Å²) in [5, 5.41) is -1.21. The Kier molecular flexibility index (Phi) is 6.09. The second kappa shape index (κ2) is 8.10. The van der Waals surface area contributed by atoms with Gasteiger partial charge in [-0.1, -0.05) is 55.8 Å². The van der Waals surface area contributed by atoms with Gasteiger partial charge in [-0.15, -0.1) is 0 Å². The van der Waals surface area contributed by atoms with Crippen molar-refractivity contribution >= 4 is 15.8 Å². The molecule has 1 aromatic carbocycles. The van der Waals surface area contributed by atoms with Gasteiger partial charge in [-0.25, -0.2) is 8.42 Å². The zero-order valence-electron chi connectivity index (χ0n) is 17.9. The van der Waals surface area contributed by atoms with Gasteiger partial charge in [-0.2, -0.15) is 0 Å². The predicted octanol–water partition coefficient (Wildman–Crippen LogP) is 4.97. The summed E-state index contributed by atoms with van der Waals surface area (Å²) in [4.78, 5) is 12.8. The molecule has 29 heavy (non-hydrogen) atoms. The summed E-state index contributed by atoms with van der Waals surface area (Å²) in [5.41, 5.74) is 2.53. The number of benzene rings is 1. The van der Waals surface area contributed by atoms with E-state index in [1.54, 1.807) is 30.3 Å². The van der Waals surface area contributed by atoms with Gasteiger partial charge in [0.15, 0.2) is 15.1 Å². The second-order valence-corrected chi connectivity index (χ2v) is 11.1. The molecule has 5 atom stereocenters. The Morgan fingerprint density at radius 2 is 1.93 bits per heavy atom. The predicted molar refractivity (Wildman–Crippen MR) is 115 cm³/mol. The summed E-state index contributed by atoms with van der Waals surface area (Å²) in [6, 6.07) is 8.22. The fourth-order valence-corrected chi connectivity index (χ4v) is 7.01. The molecule has 0 bridgehead atoms. The molecule has 0 aromatic heterocycles. The molecule has 2 aliphatic rings. The van der Waals surface area contributed by atoms with E-state index in [9.17, 15) is 13.2 Å². The highest BCUT2D eigenvalue weighted by Gasteiger charge is 2.49. The summed E-state index contributed by atoms with van der Waals surface area (Å²) in [6.07, 6.45) is 5.72. The SMILES string of the molecule is C=C(C)[C@@H]1CCC2=CC(C(C(=O)OC)S(=O)(=O)c3ccccc3)C[C@@H](C)[C@]2(C)C1. The van der Waals surface area contributed by atoms with Crippen LogP contribution in [0.3, 0.4) is 0 Å². The van der Waals surface area contributed by atoms with Crippen molar-refractivity contribution in [2.24, 2.45) is 23.2 Å². The Balaban J connectivity index is 2.01. The van der Waals surface area contributed by atoms with Gasteiger partial charge in [0.25, 0.3) is 0 Å². The van der Waals surface area contributed by atoms with E-state index in [0.717, 1.165) is 19.3 Å². The van der Waals surface area contributed by atoms with Crippen molar-refractivity contribution in [1.82, 2.24) is 0 Å². The fraction of sp³-hybridized carbons (Fsp3) is 0.542. The van der Waals surface area contributed by atoms with Crippen LogP contribution in [-0.4, -0.2) is 26.7 Å². The van der Waals surface area contributed by atoms with Gasteiger partial charge >= 0.3 is 5.97 Å². The van der Waals surface area contributed by atoms with Crippen LogP contribution in [0.15, 0.2) is 59.0 Å². The van der Waals surface area contributed by atoms with E-state index in [0.29, 0.717) is 12.3 Å². The Hall–Kier alpha value is -1.88. The third-order valence-electron chi connectivity index (χ3n) is 7.22. The van der Waals surface area contributed by atoms with Crippen LogP contribution in [0.4, 0.5) is 0 Å². The molecule has 0 saturated heterocycles. The average Bonchev–Trinajstić information content (AvgIpc) is 2.69. The first kappa shape index (κ1) is 21.8. The standard InChI is InChI=1S/C24H32O4S/c1-16(2)18-11-12-20-14-19(13-17(3)24(20,4)15-18)22(23(25)28-5)29(26,27)21-9-7-6-8-10-21/h6-10,14,17-19,22H,1,11-13,15H2,2-5H3/t17-,18-,19?,22?,24+/m1/s1. The third kappa shape index (κ3) is 3.94. The summed E-state index contributed by atoms with van der Waals surface area (Å²) in [5.74, 6) is -0.289. The Morgan fingerprint density at radius 3 is 2.52 bits per heavy atom. The van der Waals surface area contributed by atoms with Gasteiger partial charge in [0.2, 0.25) is 0 Å². The zero-order valence-corrected chi connectivity index (χ0v) is 18.7. The number of hydrogen-bond donors (Lipinski definition) is 0. The van der Waals surface area contributed by atoms with Crippen LogP contribution in [0.1, 0.15) is 46.5 Å². The molecule has 0 aliphatic heterocycles. The smallest absolute Gasteiger partial charge is 0.325 e. The third-order valence-corrected chi connectivity index (χ3v) is 9.36. The molecular formula is C24H32O4S. The lowest BCUT2D eigenvalue weighted by Crippen LogP contribution is -2.45. The number of allylic oxidation sites excluding steroid dienone is 3. The van der Waals surface area contributed by atoms with Gasteiger partial charge < -0.3 is 4.74 Å². The first-order valence-corrected chi connectivity index (χ1v) is 11.9. The molecule has 0 N–H and O–H groups in total. The molecule has 0 amide bonds. The molecule has 2 unspecified atom stereocenters. The number of hydrogen-bond acceptors (Lipinski definition) is 4. The maximum Gasteiger partial charge on any atom is 0.325 e. The van der Waals surface area contributed by atoms with Crippen LogP contribution >= 0.6 is 0 Å². The zero-order chi connectivity index (χ0) is 21.4. The van der Waals surface area contributed by atoms with E-state index in [-0.39, 0.29) is 22.1 Å². The molecule has 4 nitrogen and oxygen atoms in total. The molecular weight excluding hydrogens is 384 g/mol. The van der Waals surface area contributed by atoms with Gasteiger partial charge in [-0.3, -0.25) is 4.79 Å². The first-order valence-electron chi connectivity index (χ1n) is 10.3. The van der Waals surface area contributed by atoms with E-state index >= 15 is 0 Å². The van der Waals surface area contributed by atoms with Crippen LogP contribution in [-0.2, 0) is 19.4 Å². The highest BCUT2D eigenvalue weighted by atomic mass is 32.2. The van der Waals surface area contributed by atoms with Crippen molar-refractivity contribution in [3.05, 3.63) is 54.1 Å². The minimum absolute atomic E-state index is 0.0234. The van der Waals surface area contributed by atoms with E-state index in [1.165, 1.54) is 18.3 Å². The number of carbonyl (C=O) groups is 1. The molecule has 3 rings (SSSR count). The number of sulfone groups is 1. The number of fused-ring (bicyclic) bond motifs is 1. The van der Waals surface area contributed by atoms with Crippen molar-refractivity contribution in [3.8, 4) is 0 Å². The number of rotatable bonds is 5. The van der Waals surface area contributed by atoms with Gasteiger partial charge in [-0.05, 0) is 62.0 Å². The Morgan fingerprint density at radius 1 is 1.28 bits per heavy atom. The molecule has 0 heterocycles. The largest absolute Gasteiger partial charge is 0.468 e. The van der Waals surface area contributed by atoms with Gasteiger partial charge in [0.1, 0.15) is 0 Å². The second-order valence-electron chi connectivity index (χ2n) is 9.00. The van der Waals surface area contributed by atoms with Crippen LogP contribution in [0.5, 0.6) is 0 Å². The first-order chi connectivity index (χ1) is 13.6. The van der Waals surface area contributed by atoms with Crippen LogP contribution in [0, 0.1) is 23.2 Å². The molecule has 158 valence electrons. The molecule has 0 spiro atoms. The van der Waals surface area contributed by atoms with Crippen molar-refractivity contribution in [2.75, 3.05) is 7.11 Å². The average molecular weight is 417 g/mol. The van der Waals surface area contributed by atoms with Crippen LogP contribution in [0.2, 0.25) is 0 Å². The molecule has 2 aliphatic carbocycles. The van der Waals surface area contributed by atoms with E-state index in [1.807, 2.05) is 0 Å². The maximum absolute atomic E-state index is 13.4. The van der Waals surface area contributed by atoms with Gasteiger partial charge in [0.05, 0.1) is 12.0 Å². The number of methoxy groups -OCH3 is 1. The summed E-state index contributed by atoms with van der Waals surface area (Å²) >= 11 is 0. The van der Waals surface area contributed by atoms with Crippen molar-refractivity contribution in [2.45, 2.75) is 56.6 Å². The molecule has 5 heteroatoms. The van der Waals surface area contributed by atoms with Crippen molar-refractivity contribution < 1.29 is 17.9 Å². The van der Waals surface area contributed by atoms with E-state index in [2.05, 4.69) is 33.4 Å². The fourth-order valence-electron chi connectivity index (χ4n) is 5.18. The monoisotopic (exact) mass is 416 g/mol. The molecule has 1 saturated carbocycles. The number of carbonyl (C=O) groups excluding carboxylic acids is 1. The highest BCUT2D eigenvalue weighted by Crippen LogP contribution is 2.55. The summed E-state index contributed by atoms with van der Waals surface area (Å²) in [6.45, 7) is 10.7. The minimum Gasteiger partial charge on any atom is -0.468 e. The lowest BCUT2D eigenvalue weighted by atomic mass is 9.56. The van der Waals surface area contributed by atoms with E-state index < -0.39 is 21.1 Å². The van der Waals surface area contributed by atoms with Crippen molar-refractivity contribution in [3.63, 3.8) is 0 Å². The maximum atomic E-state index is 13.4. The topological polar surface area (TPSA) is 60.4 Å². The molecule has 1 aromatic rings. The minimum atomic E-state index is -3.85. The Bertz CT molecular complexity index is 915. The summed E-state index contributed by atoms with van der Waals surface area (Å²) in [7, 11) is -2.59.